The SMILES string of the molecule is CCC(CCCC1CCC1)S(=O)(=O)NC(=O)NC[C@@H](C)[C@H]1CC[C@H]2C3[C@H](CCC12C)C(C)CC[C@@H](O)CC[C@@H](CC)[C@H]3O. The fraction of sp³-hybridized carbons (Fsp3) is 0.971. The predicted octanol–water partition coefficient (Wildman–Crippen LogP) is 7.02. The number of hydrogen-bond acceptors (Lipinski definition) is 5. The Morgan fingerprint density at radius 3 is 2.37 bits per heavy atom. The molecule has 4 fully saturated rings. The Bertz CT molecular complexity index is 1000. The summed E-state index contributed by atoms with van der Waals surface area (Å²) in [5, 5.41) is 24.9. The van der Waals surface area contributed by atoms with Gasteiger partial charge in [0.15, 0.2) is 0 Å². The first-order valence-electron chi connectivity index (χ1n) is 18.1. The zero-order valence-corrected chi connectivity index (χ0v) is 28.7. The number of aliphatic hydroxyl groups is 2. The smallest absolute Gasteiger partial charge is 0.328 e. The van der Waals surface area contributed by atoms with Crippen molar-refractivity contribution in [3.8, 4) is 0 Å². The van der Waals surface area contributed by atoms with E-state index < -0.39 is 21.3 Å². The molecule has 0 bridgehead atoms. The third kappa shape index (κ3) is 8.11. The predicted molar refractivity (Wildman–Crippen MR) is 174 cm³/mol. The quantitative estimate of drug-likeness (QED) is 0.197. The molecule has 0 aromatic heterocycles. The zero-order chi connectivity index (χ0) is 31.4. The minimum Gasteiger partial charge on any atom is -0.393 e. The van der Waals surface area contributed by atoms with Crippen molar-refractivity contribution >= 4 is 16.1 Å². The lowest BCUT2D eigenvalue weighted by molar-refractivity contribution is -0.0998. The summed E-state index contributed by atoms with van der Waals surface area (Å²) >= 11 is 0. The molecule has 0 aromatic carbocycles. The molecular weight excluding hydrogens is 560 g/mol. The number of rotatable bonds is 11. The van der Waals surface area contributed by atoms with E-state index in [1.807, 2.05) is 6.92 Å². The fourth-order valence-corrected chi connectivity index (χ4v) is 11.6. The Hall–Kier alpha value is -0.860. The number of fused-ring (bicyclic) bond motifs is 3. The standard InChI is InChI=1S/C35H64N2O5S/c1-6-26-15-17-27(38)16-14-23(3)29-20-21-35(5)30(18-19-31(35)32(29)33(26)39)24(4)22-36-34(40)37-43(41,42)28(7-2)13-9-12-25-10-8-11-25/h23-33,38-39H,6-22H2,1-5H3,(H2,36,37,40)/t23?,24-,26-,27-,28?,29-,30-,31+,32?,33-,35?/m1/s1. The third-order valence-corrected chi connectivity index (χ3v) is 15.1. The molecule has 11 atom stereocenters. The molecular formula is C35H64N2O5S. The van der Waals surface area contributed by atoms with Crippen LogP contribution in [0.25, 0.3) is 0 Å². The number of hydrogen-bond donors (Lipinski definition) is 4. The molecule has 0 heterocycles. The molecule has 0 spiro atoms. The first-order valence-corrected chi connectivity index (χ1v) is 19.6. The van der Waals surface area contributed by atoms with E-state index >= 15 is 0 Å². The summed E-state index contributed by atoms with van der Waals surface area (Å²) in [6, 6.07) is -0.600. The van der Waals surface area contributed by atoms with E-state index in [4.69, 9.17) is 0 Å². The fourth-order valence-electron chi connectivity index (χ4n) is 10.1. The third-order valence-electron chi connectivity index (χ3n) is 13.2. The Morgan fingerprint density at radius 2 is 1.72 bits per heavy atom. The van der Waals surface area contributed by atoms with Crippen molar-refractivity contribution in [3.05, 3.63) is 0 Å². The molecule has 4 saturated carbocycles. The van der Waals surface area contributed by atoms with Crippen LogP contribution in [0.1, 0.15) is 137 Å². The van der Waals surface area contributed by atoms with Gasteiger partial charge in [0.2, 0.25) is 10.0 Å². The zero-order valence-electron chi connectivity index (χ0n) is 27.9. The molecule has 250 valence electrons. The van der Waals surface area contributed by atoms with Crippen LogP contribution in [0.3, 0.4) is 0 Å². The van der Waals surface area contributed by atoms with Crippen molar-refractivity contribution in [1.29, 1.82) is 0 Å². The average molecular weight is 625 g/mol. The molecule has 43 heavy (non-hydrogen) atoms. The van der Waals surface area contributed by atoms with E-state index in [9.17, 15) is 23.4 Å². The van der Waals surface area contributed by atoms with Gasteiger partial charge >= 0.3 is 6.03 Å². The van der Waals surface area contributed by atoms with Crippen LogP contribution < -0.4 is 10.0 Å². The van der Waals surface area contributed by atoms with E-state index in [1.54, 1.807) is 0 Å². The summed E-state index contributed by atoms with van der Waals surface area (Å²) in [4.78, 5) is 12.8. The maximum Gasteiger partial charge on any atom is 0.328 e. The van der Waals surface area contributed by atoms with Gasteiger partial charge in [-0.25, -0.2) is 17.9 Å². The van der Waals surface area contributed by atoms with Crippen LogP contribution in [0.2, 0.25) is 0 Å². The van der Waals surface area contributed by atoms with E-state index in [0.717, 1.165) is 76.5 Å². The second-order valence-corrected chi connectivity index (χ2v) is 17.6. The molecule has 0 aromatic rings. The Kier molecular flexibility index (Phi) is 12.3. The van der Waals surface area contributed by atoms with Crippen molar-refractivity contribution in [3.63, 3.8) is 0 Å². The number of carbonyl (C=O) groups is 1. The number of urea groups is 1. The van der Waals surface area contributed by atoms with E-state index in [2.05, 4.69) is 37.7 Å². The van der Waals surface area contributed by atoms with Gasteiger partial charge in [-0.15, -0.1) is 0 Å². The minimum atomic E-state index is -3.71. The van der Waals surface area contributed by atoms with Crippen molar-refractivity contribution in [2.75, 3.05) is 6.54 Å². The van der Waals surface area contributed by atoms with Gasteiger partial charge in [-0.05, 0) is 117 Å². The molecule has 0 aliphatic heterocycles. The average Bonchev–Trinajstić information content (AvgIpc) is 3.29. The van der Waals surface area contributed by atoms with Gasteiger partial charge in [-0.3, -0.25) is 0 Å². The largest absolute Gasteiger partial charge is 0.393 e. The molecule has 4 aliphatic rings. The van der Waals surface area contributed by atoms with E-state index in [0.29, 0.717) is 43.1 Å². The second-order valence-electron chi connectivity index (χ2n) is 15.6. The molecule has 4 unspecified atom stereocenters. The van der Waals surface area contributed by atoms with Crippen LogP contribution in [-0.2, 0) is 10.0 Å². The first kappa shape index (κ1) is 35.0. The first-order chi connectivity index (χ1) is 20.4. The van der Waals surface area contributed by atoms with Crippen LogP contribution in [0, 0.1) is 52.8 Å². The van der Waals surface area contributed by atoms with Gasteiger partial charge < -0.3 is 15.5 Å². The van der Waals surface area contributed by atoms with Crippen molar-refractivity contribution < 1.29 is 23.4 Å². The summed E-state index contributed by atoms with van der Waals surface area (Å²) in [6.45, 7) is 11.5. The van der Waals surface area contributed by atoms with Gasteiger partial charge in [0, 0.05) is 6.54 Å². The second kappa shape index (κ2) is 15.2. The summed E-state index contributed by atoms with van der Waals surface area (Å²) in [5.41, 5.74) is 0.0984. The van der Waals surface area contributed by atoms with E-state index in [1.165, 1.54) is 19.3 Å². The molecule has 0 saturated heterocycles. The summed E-state index contributed by atoms with van der Waals surface area (Å²) in [6.07, 6.45) is 15.3. The van der Waals surface area contributed by atoms with Crippen molar-refractivity contribution in [1.82, 2.24) is 10.0 Å². The van der Waals surface area contributed by atoms with Gasteiger partial charge in [0.1, 0.15) is 0 Å². The number of nitrogens with one attached hydrogen (secondary N) is 2. The molecule has 2 amide bonds. The maximum atomic E-state index is 13.0. The summed E-state index contributed by atoms with van der Waals surface area (Å²) in [5.74, 6) is 3.33. The van der Waals surface area contributed by atoms with Crippen LogP contribution in [0.4, 0.5) is 4.79 Å². The minimum absolute atomic E-state index is 0.0984. The van der Waals surface area contributed by atoms with Crippen LogP contribution in [0.5, 0.6) is 0 Å². The highest BCUT2D eigenvalue weighted by molar-refractivity contribution is 7.90. The van der Waals surface area contributed by atoms with Gasteiger partial charge in [-0.1, -0.05) is 73.1 Å². The number of aliphatic hydroxyl groups excluding tert-OH is 2. The lowest BCUT2D eigenvalue weighted by Gasteiger charge is -2.54. The normalized spacial score (nSPS) is 38.7. The Morgan fingerprint density at radius 1 is 1.00 bits per heavy atom. The highest BCUT2D eigenvalue weighted by Crippen LogP contribution is 2.63. The highest BCUT2D eigenvalue weighted by atomic mass is 32.2. The van der Waals surface area contributed by atoms with Gasteiger partial charge in [0.25, 0.3) is 0 Å². The van der Waals surface area contributed by atoms with Gasteiger partial charge in [-0.2, -0.15) is 0 Å². The lowest BCUT2D eigenvalue weighted by atomic mass is 9.52. The van der Waals surface area contributed by atoms with Gasteiger partial charge in [0.05, 0.1) is 17.5 Å². The molecule has 8 heteroatoms. The number of sulfonamides is 1. The van der Waals surface area contributed by atoms with Crippen LogP contribution in [-0.4, -0.2) is 48.7 Å². The number of carbonyl (C=O) groups excluding carboxylic acids is 1. The highest BCUT2D eigenvalue weighted by Gasteiger charge is 2.57. The topological polar surface area (TPSA) is 116 Å². The van der Waals surface area contributed by atoms with Crippen LogP contribution in [0.15, 0.2) is 0 Å². The monoisotopic (exact) mass is 624 g/mol. The van der Waals surface area contributed by atoms with E-state index in [-0.39, 0.29) is 35.4 Å². The van der Waals surface area contributed by atoms with Crippen LogP contribution >= 0.6 is 0 Å². The molecule has 0 radical (unpaired) electrons. The van der Waals surface area contributed by atoms with Crippen molar-refractivity contribution in [2.45, 2.75) is 155 Å². The maximum absolute atomic E-state index is 13.0. The lowest BCUT2D eigenvalue weighted by Crippen LogP contribution is -2.51. The molecule has 4 rings (SSSR count). The molecule has 7 nitrogen and oxygen atoms in total. The number of amides is 2. The Balaban J connectivity index is 1.36. The molecule has 4 aliphatic carbocycles. The summed E-state index contributed by atoms with van der Waals surface area (Å²) < 4.78 is 28.4. The summed E-state index contributed by atoms with van der Waals surface area (Å²) in [7, 11) is -3.71. The Labute approximate surface area is 263 Å². The molecule has 4 N–H and O–H groups in total. The van der Waals surface area contributed by atoms with Crippen molar-refractivity contribution in [2.24, 2.45) is 52.8 Å².